The van der Waals surface area contributed by atoms with Gasteiger partial charge in [0.15, 0.2) is 6.61 Å². The van der Waals surface area contributed by atoms with Crippen LogP contribution in [0.1, 0.15) is 12.5 Å². The van der Waals surface area contributed by atoms with Gasteiger partial charge in [-0.15, -0.1) is 0 Å². The van der Waals surface area contributed by atoms with Gasteiger partial charge in [-0.25, -0.2) is 0 Å². The van der Waals surface area contributed by atoms with E-state index in [9.17, 15) is 4.79 Å². The third kappa shape index (κ3) is 3.05. The minimum Gasteiger partial charge on any atom is -0.453 e. The van der Waals surface area contributed by atoms with Crippen LogP contribution in [0.2, 0.25) is 0 Å². The highest BCUT2D eigenvalue weighted by Crippen LogP contribution is 2.11. The maximum Gasteiger partial charge on any atom is 0.303 e. The fraction of sp³-hybridized carbons (Fsp3) is 0.111. The van der Waals surface area contributed by atoms with E-state index < -0.39 is 0 Å². The molecule has 0 aliphatic carbocycles. The highest BCUT2D eigenvalue weighted by atomic mass is 79.9. The van der Waals surface area contributed by atoms with Crippen LogP contribution in [0.25, 0.3) is 0 Å². The number of ether oxygens (including phenoxy) is 1. The van der Waals surface area contributed by atoms with Crippen LogP contribution < -0.4 is 0 Å². The molecule has 1 rings (SSSR count). The summed E-state index contributed by atoms with van der Waals surface area (Å²) in [5, 5.41) is 0. The Balaban J connectivity index is 2.53. The Morgan fingerprint density at radius 2 is 2.00 bits per heavy atom. The van der Waals surface area contributed by atoms with Crippen molar-refractivity contribution in [2.45, 2.75) is 6.92 Å². The number of halogens is 1. The summed E-state index contributed by atoms with van der Waals surface area (Å²) in [7, 11) is 0. The van der Waals surface area contributed by atoms with Crippen molar-refractivity contribution in [1.82, 2.24) is 0 Å². The van der Waals surface area contributed by atoms with Crippen molar-refractivity contribution in [1.29, 1.82) is 0 Å². The summed E-state index contributed by atoms with van der Waals surface area (Å²) in [6.45, 7) is 2.80. The summed E-state index contributed by atoms with van der Waals surface area (Å²) in [5.41, 5.74) is 0.869. The van der Waals surface area contributed by atoms with E-state index in [4.69, 9.17) is 0 Å². The Morgan fingerprint density at radius 3 is 2.50 bits per heavy atom. The van der Waals surface area contributed by atoms with Crippen molar-refractivity contribution in [3.05, 3.63) is 40.9 Å². The van der Waals surface area contributed by atoms with E-state index in [1.807, 2.05) is 24.3 Å². The molecule has 0 heterocycles. The lowest BCUT2D eigenvalue weighted by Gasteiger charge is -1.99. The van der Waals surface area contributed by atoms with Crippen LogP contribution in [0.5, 0.6) is 0 Å². The van der Waals surface area contributed by atoms with Gasteiger partial charge in [0.05, 0.1) is 0 Å². The number of carbonyl (C=O) groups is 1. The number of esters is 1. The van der Waals surface area contributed by atoms with E-state index in [2.05, 4.69) is 20.7 Å². The number of hydrogen-bond acceptors (Lipinski definition) is 2. The van der Waals surface area contributed by atoms with E-state index in [0.29, 0.717) is 0 Å². The molecule has 0 aliphatic heterocycles. The second-order valence-corrected chi connectivity index (χ2v) is 3.19. The van der Waals surface area contributed by atoms with Gasteiger partial charge in [0.1, 0.15) is 0 Å². The Kier molecular flexibility index (Phi) is 3.29. The molecule has 63 valence electrons. The summed E-state index contributed by atoms with van der Waals surface area (Å²) in [5.74, 6) is -0.307. The molecule has 0 unspecified atom stereocenters. The standard InChI is InChI=1S/C9H8BrO2/c1-7(11)12-6-8-2-4-9(10)5-3-8/h2-6H,1H3. The summed E-state index contributed by atoms with van der Waals surface area (Å²) in [4.78, 5) is 10.4. The molecule has 0 aliphatic rings. The molecule has 0 saturated heterocycles. The van der Waals surface area contributed by atoms with Gasteiger partial charge >= 0.3 is 5.97 Å². The lowest BCUT2D eigenvalue weighted by Crippen LogP contribution is -1.95. The normalized spacial score (nSPS) is 9.50. The monoisotopic (exact) mass is 227 g/mol. The highest BCUT2D eigenvalue weighted by molar-refractivity contribution is 9.10. The van der Waals surface area contributed by atoms with Crippen molar-refractivity contribution >= 4 is 21.9 Å². The molecule has 1 radical (unpaired) electrons. The fourth-order valence-corrected chi connectivity index (χ4v) is 0.957. The van der Waals surface area contributed by atoms with Gasteiger partial charge in [0, 0.05) is 11.4 Å². The molecule has 0 fully saturated rings. The summed E-state index contributed by atoms with van der Waals surface area (Å²) in [6.07, 6.45) is 0. The van der Waals surface area contributed by atoms with Crippen molar-refractivity contribution < 1.29 is 9.53 Å². The van der Waals surface area contributed by atoms with Crippen LogP contribution in [-0.4, -0.2) is 5.97 Å². The molecule has 0 aromatic heterocycles. The molecule has 0 N–H and O–H groups in total. The van der Waals surface area contributed by atoms with Crippen LogP contribution in [0.4, 0.5) is 0 Å². The Hall–Kier alpha value is -0.830. The zero-order valence-electron chi connectivity index (χ0n) is 6.58. The first kappa shape index (κ1) is 9.26. The average Bonchev–Trinajstić information content (AvgIpc) is 2.03. The SMILES string of the molecule is CC(=O)O[CH]c1ccc(Br)cc1. The van der Waals surface area contributed by atoms with Gasteiger partial charge in [0.25, 0.3) is 0 Å². The lowest BCUT2D eigenvalue weighted by atomic mass is 10.2. The molecule has 0 spiro atoms. The van der Waals surface area contributed by atoms with Gasteiger partial charge < -0.3 is 4.74 Å². The molecule has 3 heteroatoms. The fourth-order valence-electron chi connectivity index (χ4n) is 0.692. The largest absolute Gasteiger partial charge is 0.453 e. The van der Waals surface area contributed by atoms with Crippen LogP contribution in [0.15, 0.2) is 28.7 Å². The van der Waals surface area contributed by atoms with Crippen molar-refractivity contribution in [2.75, 3.05) is 0 Å². The molecular formula is C9H8BrO2. The van der Waals surface area contributed by atoms with Gasteiger partial charge in [-0.2, -0.15) is 0 Å². The first-order valence-corrected chi connectivity index (χ1v) is 4.24. The molecule has 1 aromatic rings. The maximum absolute atomic E-state index is 10.4. The zero-order chi connectivity index (χ0) is 8.97. The minimum atomic E-state index is -0.307. The molecule has 0 amide bonds. The van der Waals surface area contributed by atoms with E-state index in [-0.39, 0.29) is 5.97 Å². The Labute approximate surface area is 79.7 Å². The number of carbonyl (C=O) groups excluding carboxylic acids is 1. The van der Waals surface area contributed by atoms with Crippen molar-refractivity contribution in [3.8, 4) is 0 Å². The molecule has 1 aromatic carbocycles. The first-order chi connectivity index (χ1) is 5.68. The smallest absolute Gasteiger partial charge is 0.303 e. The topological polar surface area (TPSA) is 26.3 Å². The van der Waals surface area contributed by atoms with Gasteiger partial charge in [-0.3, -0.25) is 4.79 Å². The summed E-state index contributed by atoms with van der Waals surface area (Å²) >= 11 is 3.30. The quantitative estimate of drug-likeness (QED) is 0.727. The molecule has 0 bridgehead atoms. The maximum atomic E-state index is 10.4. The van der Waals surface area contributed by atoms with E-state index in [1.54, 1.807) is 0 Å². The first-order valence-electron chi connectivity index (χ1n) is 3.44. The van der Waals surface area contributed by atoms with Gasteiger partial charge in [-0.05, 0) is 17.7 Å². The average molecular weight is 228 g/mol. The number of benzene rings is 1. The van der Waals surface area contributed by atoms with E-state index in [1.165, 1.54) is 13.5 Å². The minimum absolute atomic E-state index is 0.307. The molecule has 0 saturated carbocycles. The molecular weight excluding hydrogens is 220 g/mol. The van der Waals surface area contributed by atoms with Gasteiger partial charge in [0.2, 0.25) is 0 Å². The van der Waals surface area contributed by atoms with Crippen LogP contribution in [0, 0.1) is 6.61 Å². The van der Waals surface area contributed by atoms with Crippen LogP contribution in [0.3, 0.4) is 0 Å². The zero-order valence-corrected chi connectivity index (χ0v) is 8.17. The Bertz CT molecular complexity index is 266. The van der Waals surface area contributed by atoms with Crippen molar-refractivity contribution in [3.63, 3.8) is 0 Å². The predicted octanol–water partition coefficient (Wildman–Crippen LogP) is 2.52. The van der Waals surface area contributed by atoms with Crippen LogP contribution in [-0.2, 0) is 9.53 Å². The Morgan fingerprint density at radius 1 is 1.42 bits per heavy atom. The summed E-state index contributed by atoms with van der Waals surface area (Å²) < 4.78 is 5.69. The number of rotatable bonds is 2. The van der Waals surface area contributed by atoms with E-state index in [0.717, 1.165) is 10.0 Å². The van der Waals surface area contributed by atoms with Crippen molar-refractivity contribution in [2.24, 2.45) is 0 Å². The predicted molar refractivity (Wildman–Crippen MR) is 49.3 cm³/mol. The molecule has 12 heavy (non-hydrogen) atoms. The molecule has 2 nitrogen and oxygen atoms in total. The second-order valence-electron chi connectivity index (χ2n) is 2.28. The summed E-state index contributed by atoms with van der Waals surface area (Å²) in [6, 6.07) is 7.48. The number of hydrogen-bond donors (Lipinski definition) is 0. The third-order valence-electron chi connectivity index (χ3n) is 1.23. The lowest BCUT2D eigenvalue weighted by molar-refractivity contribution is -0.137. The second kappa shape index (κ2) is 4.26. The van der Waals surface area contributed by atoms with Gasteiger partial charge in [-0.1, -0.05) is 28.1 Å². The molecule has 0 atom stereocenters. The third-order valence-corrected chi connectivity index (χ3v) is 1.76. The van der Waals surface area contributed by atoms with E-state index >= 15 is 0 Å². The van der Waals surface area contributed by atoms with Crippen LogP contribution >= 0.6 is 15.9 Å². The highest BCUT2D eigenvalue weighted by Gasteiger charge is 1.96.